The number of hydrogen-bond donors (Lipinski definition) is 1. The molecule has 0 radical (unpaired) electrons. The van der Waals surface area contributed by atoms with Crippen molar-refractivity contribution in [2.45, 2.75) is 31.7 Å². The molecule has 3 fully saturated rings. The smallest absolute Gasteiger partial charge is 0.249 e. The average Bonchev–Trinajstić information content (AvgIpc) is 3.46. The highest BCUT2D eigenvalue weighted by Crippen LogP contribution is 2.63. The van der Waals surface area contributed by atoms with E-state index < -0.39 is 23.1 Å². The second-order valence-electron chi connectivity index (χ2n) is 8.84. The van der Waals surface area contributed by atoms with E-state index in [1.807, 2.05) is 6.07 Å². The molecule has 2 unspecified atom stereocenters. The Morgan fingerprint density at radius 1 is 1.12 bits per heavy atom. The van der Waals surface area contributed by atoms with E-state index in [1.165, 1.54) is 17.1 Å². The first-order valence-electron chi connectivity index (χ1n) is 10.5. The highest BCUT2D eigenvalue weighted by molar-refractivity contribution is 5.96. The molecule has 2 bridgehead atoms. The number of nitrogens with one attached hydrogen (secondary N) is 1. The normalized spacial score (nSPS) is 27.7. The molecule has 6 nitrogen and oxygen atoms in total. The number of anilines is 1. The van der Waals surface area contributed by atoms with E-state index in [0.717, 1.165) is 6.07 Å². The van der Waals surface area contributed by atoms with Crippen LogP contribution in [-0.4, -0.2) is 23.0 Å². The summed E-state index contributed by atoms with van der Waals surface area (Å²) in [4.78, 5) is 26.3. The van der Waals surface area contributed by atoms with E-state index in [-0.39, 0.29) is 23.7 Å². The zero-order valence-corrected chi connectivity index (χ0v) is 17.1. The second kappa shape index (κ2) is 7.52. The molecule has 0 spiro atoms. The minimum Gasteiger partial charge on any atom is -0.326 e. The van der Waals surface area contributed by atoms with Gasteiger partial charge in [0.25, 0.3) is 0 Å². The summed E-state index contributed by atoms with van der Waals surface area (Å²) in [6.07, 6.45) is 3.57. The van der Waals surface area contributed by atoms with E-state index in [9.17, 15) is 18.4 Å². The van der Waals surface area contributed by atoms with Crippen molar-refractivity contribution in [3.63, 3.8) is 0 Å². The van der Waals surface area contributed by atoms with Crippen LogP contribution < -0.4 is 5.32 Å². The van der Waals surface area contributed by atoms with Gasteiger partial charge in [-0.3, -0.25) is 9.59 Å². The molecule has 2 amide bonds. The maximum atomic E-state index is 13.7. The Kier molecular flexibility index (Phi) is 4.77. The van der Waals surface area contributed by atoms with Crippen LogP contribution in [0, 0.1) is 40.2 Å². The first-order valence-corrected chi connectivity index (χ1v) is 10.5. The van der Waals surface area contributed by atoms with Crippen LogP contribution in [0.1, 0.15) is 42.9 Å². The molecule has 0 saturated heterocycles. The van der Waals surface area contributed by atoms with Crippen LogP contribution in [0.3, 0.4) is 0 Å². The van der Waals surface area contributed by atoms with Crippen molar-refractivity contribution in [2.75, 3.05) is 5.32 Å². The quantitative estimate of drug-likeness (QED) is 0.784. The number of benzene rings is 2. The fourth-order valence-corrected chi connectivity index (χ4v) is 5.35. The Hall–Kier alpha value is -3.60. The van der Waals surface area contributed by atoms with E-state index in [2.05, 4.69) is 10.4 Å². The van der Waals surface area contributed by atoms with Gasteiger partial charge in [0.1, 0.15) is 11.6 Å². The number of amides is 2. The van der Waals surface area contributed by atoms with E-state index in [1.54, 1.807) is 30.5 Å². The zero-order chi connectivity index (χ0) is 22.5. The van der Waals surface area contributed by atoms with Crippen LogP contribution >= 0.6 is 0 Å². The first kappa shape index (κ1) is 20.3. The van der Waals surface area contributed by atoms with Crippen molar-refractivity contribution in [3.8, 4) is 6.07 Å². The highest BCUT2D eigenvalue weighted by atomic mass is 19.1. The first-order chi connectivity index (χ1) is 15.4. The highest BCUT2D eigenvalue weighted by Gasteiger charge is 2.63. The Morgan fingerprint density at radius 2 is 1.88 bits per heavy atom. The van der Waals surface area contributed by atoms with Gasteiger partial charge in [0, 0.05) is 30.3 Å². The lowest BCUT2D eigenvalue weighted by molar-refractivity contribution is -0.148. The van der Waals surface area contributed by atoms with Gasteiger partial charge in [0.15, 0.2) is 0 Å². The monoisotopic (exact) mass is 434 g/mol. The average molecular weight is 434 g/mol. The third-order valence-corrected chi connectivity index (χ3v) is 6.84. The predicted octanol–water partition coefficient (Wildman–Crippen LogP) is 4.15. The molecule has 3 saturated carbocycles. The summed E-state index contributed by atoms with van der Waals surface area (Å²) in [6.45, 7) is 0. The summed E-state index contributed by atoms with van der Waals surface area (Å²) in [5, 5.41) is 17.4. The minimum absolute atomic E-state index is 0.106. The van der Waals surface area contributed by atoms with Gasteiger partial charge in [-0.05, 0) is 61.1 Å². The Balaban J connectivity index is 1.30. The van der Waals surface area contributed by atoms with Crippen molar-refractivity contribution in [2.24, 2.45) is 22.4 Å². The Morgan fingerprint density at radius 3 is 2.59 bits per heavy atom. The number of halogens is 2. The Labute approximate surface area is 183 Å². The SMILES string of the molecule is N#Cc1cccc(NC(=O)C2CC3(C(=O)N4N=CCC4c4cc(F)cc(F)c4)CC2C3)c1. The summed E-state index contributed by atoms with van der Waals surface area (Å²) in [7, 11) is 0. The molecule has 162 valence electrons. The van der Waals surface area contributed by atoms with Crippen molar-refractivity contribution >= 4 is 23.7 Å². The largest absolute Gasteiger partial charge is 0.326 e. The minimum atomic E-state index is -0.695. The van der Waals surface area contributed by atoms with Crippen LogP contribution in [0.25, 0.3) is 0 Å². The molecule has 4 aliphatic rings. The lowest BCUT2D eigenvalue weighted by Crippen LogP contribution is -2.45. The molecule has 1 N–H and O–H groups in total. The number of fused-ring (bicyclic) bond motifs is 1. The topological polar surface area (TPSA) is 85.6 Å². The lowest BCUT2D eigenvalue weighted by atomic mass is 9.68. The number of carbonyl (C=O) groups excluding carboxylic acids is 2. The maximum absolute atomic E-state index is 13.7. The van der Waals surface area contributed by atoms with Crippen LogP contribution in [-0.2, 0) is 9.59 Å². The van der Waals surface area contributed by atoms with Crippen LogP contribution in [0.2, 0.25) is 0 Å². The summed E-state index contributed by atoms with van der Waals surface area (Å²) >= 11 is 0. The molecule has 6 rings (SSSR count). The third kappa shape index (κ3) is 3.34. The number of nitriles is 1. The molecule has 1 aliphatic heterocycles. The zero-order valence-electron chi connectivity index (χ0n) is 17.1. The van der Waals surface area contributed by atoms with Gasteiger partial charge in [-0.1, -0.05) is 6.07 Å². The van der Waals surface area contributed by atoms with Crippen molar-refractivity contribution < 1.29 is 18.4 Å². The standard InChI is InChI=1S/C24H20F2N4O2/c25-17-7-15(8-18(26)9-17)21-4-5-28-30(21)23(32)24-10-16(11-24)20(12-24)22(31)29-19-3-1-2-14(6-19)13-27/h1-3,5-9,16,20-21H,4,10-12H2,(H,29,31). The maximum Gasteiger partial charge on any atom is 0.249 e. The summed E-state index contributed by atoms with van der Waals surface area (Å²) in [5.74, 6) is -1.94. The van der Waals surface area contributed by atoms with Gasteiger partial charge in [0.05, 0.1) is 23.1 Å². The summed E-state index contributed by atoms with van der Waals surface area (Å²) in [6, 6.07) is 11.4. The van der Waals surface area contributed by atoms with Crippen LogP contribution in [0.5, 0.6) is 0 Å². The molecule has 3 aliphatic carbocycles. The van der Waals surface area contributed by atoms with Crippen molar-refractivity contribution in [1.29, 1.82) is 5.26 Å². The number of rotatable bonds is 4. The molecule has 2 aromatic rings. The van der Waals surface area contributed by atoms with Crippen molar-refractivity contribution in [3.05, 3.63) is 65.2 Å². The van der Waals surface area contributed by atoms with Gasteiger partial charge < -0.3 is 5.32 Å². The van der Waals surface area contributed by atoms with E-state index >= 15 is 0 Å². The third-order valence-electron chi connectivity index (χ3n) is 6.84. The fourth-order valence-electron chi connectivity index (χ4n) is 5.35. The number of nitrogens with zero attached hydrogens (tertiary/aromatic N) is 3. The molecule has 1 heterocycles. The lowest BCUT2D eigenvalue weighted by Gasteiger charge is -2.40. The number of hydrazone groups is 1. The van der Waals surface area contributed by atoms with Crippen LogP contribution in [0.15, 0.2) is 47.6 Å². The van der Waals surface area contributed by atoms with Gasteiger partial charge in [-0.25, -0.2) is 13.8 Å². The van der Waals surface area contributed by atoms with Gasteiger partial charge in [0.2, 0.25) is 11.8 Å². The van der Waals surface area contributed by atoms with Crippen LogP contribution in [0.4, 0.5) is 14.5 Å². The summed E-state index contributed by atoms with van der Waals surface area (Å²) in [5.41, 5.74) is 0.700. The van der Waals surface area contributed by atoms with Gasteiger partial charge in [-0.15, -0.1) is 0 Å². The second-order valence-corrected chi connectivity index (χ2v) is 8.84. The molecular weight excluding hydrogens is 414 g/mol. The van der Waals surface area contributed by atoms with Gasteiger partial charge >= 0.3 is 0 Å². The number of carbonyl (C=O) groups is 2. The van der Waals surface area contributed by atoms with Gasteiger partial charge in [-0.2, -0.15) is 10.4 Å². The fraction of sp³-hybridized carbons (Fsp3) is 0.333. The Bertz CT molecular complexity index is 1160. The molecule has 8 heteroatoms. The molecule has 0 aromatic heterocycles. The molecular formula is C24H20F2N4O2. The number of hydrogen-bond acceptors (Lipinski definition) is 4. The molecule has 2 atom stereocenters. The molecule has 32 heavy (non-hydrogen) atoms. The summed E-state index contributed by atoms with van der Waals surface area (Å²) < 4.78 is 27.4. The predicted molar refractivity (Wildman–Crippen MR) is 112 cm³/mol. The van der Waals surface area contributed by atoms with E-state index in [4.69, 9.17) is 5.26 Å². The van der Waals surface area contributed by atoms with Crippen molar-refractivity contribution in [1.82, 2.24) is 5.01 Å². The van der Waals surface area contributed by atoms with E-state index in [0.29, 0.717) is 42.5 Å². The molecule has 2 aromatic carbocycles.